The van der Waals surface area contributed by atoms with Gasteiger partial charge in [0.1, 0.15) is 5.75 Å². The van der Waals surface area contributed by atoms with E-state index in [2.05, 4.69) is 16.9 Å². The fourth-order valence-electron chi connectivity index (χ4n) is 4.64. The standard InChI is InChI=1S/C34H37N3O4/c1-2-3-4-5-6-18-41-31-16-14-25(15-17-31)29-22-36-33(37-23-29)26-12-10-24(11-13-26)19-28(34(39)40)21-32(38)27-8-7-9-30(35)20-27/h7-17,20,22-23,28H,2-6,18-19,21,35H2,1H3,(H,39,40)/t28-/m1/s1. The lowest BCUT2D eigenvalue weighted by molar-refractivity contribution is -0.141. The lowest BCUT2D eigenvalue weighted by Gasteiger charge is -2.12. The van der Waals surface area contributed by atoms with Gasteiger partial charge in [-0.1, -0.05) is 81.1 Å². The van der Waals surface area contributed by atoms with Crippen LogP contribution in [0, 0.1) is 5.92 Å². The zero-order valence-corrected chi connectivity index (χ0v) is 23.5. The number of aromatic nitrogens is 2. The number of aliphatic carboxylic acids is 1. The molecule has 1 atom stereocenters. The molecule has 0 saturated heterocycles. The predicted molar refractivity (Wildman–Crippen MR) is 162 cm³/mol. The second-order valence-corrected chi connectivity index (χ2v) is 10.3. The third kappa shape index (κ3) is 8.73. The molecule has 0 fully saturated rings. The van der Waals surface area contributed by atoms with Crippen molar-refractivity contribution in [1.82, 2.24) is 9.97 Å². The summed E-state index contributed by atoms with van der Waals surface area (Å²) < 4.78 is 5.86. The van der Waals surface area contributed by atoms with Crippen LogP contribution in [-0.4, -0.2) is 33.4 Å². The van der Waals surface area contributed by atoms with Crippen molar-refractivity contribution < 1.29 is 19.4 Å². The molecule has 4 rings (SSSR count). The Morgan fingerprint density at radius 2 is 1.54 bits per heavy atom. The summed E-state index contributed by atoms with van der Waals surface area (Å²) in [4.78, 5) is 33.6. The normalized spacial score (nSPS) is 11.6. The van der Waals surface area contributed by atoms with E-state index in [1.165, 1.54) is 25.7 Å². The molecule has 0 aliphatic carbocycles. The molecule has 7 nitrogen and oxygen atoms in total. The Bertz CT molecular complexity index is 1420. The maximum Gasteiger partial charge on any atom is 0.307 e. The highest BCUT2D eigenvalue weighted by molar-refractivity contribution is 5.98. The summed E-state index contributed by atoms with van der Waals surface area (Å²) in [6, 6.07) is 22.0. The summed E-state index contributed by atoms with van der Waals surface area (Å²) >= 11 is 0. The van der Waals surface area contributed by atoms with E-state index in [1.54, 1.807) is 36.7 Å². The summed E-state index contributed by atoms with van der Waals surface area (Å²) in [6.07, 6.45) is 9.78. The van der Waals surface area contributed by atoms with Crippen molar-refractivity contribution in [3.05, 3.63) is 96.3 Å². The Kier molecular flexibility index (Phi) is 10.6. The molecule has 1 heterocycles. The number of rotatable bonds is 15. The number of anilines is 1. The molecule has 0 aliphatic heterocycles. The van der Waals surface area contributed by atoms with Crippen LogP contribution in [0.25, 0.3) is 22.5 Å². The van der Waals surface area contributed by atoms with Crippen LogP contribution >= 0.6 is 0 Å². The van der Waals surface area contributed by atoms with Gasteiger partial charge in [-0.15, -0.1) is 0 Å². The molecule has 0 unspecified atom stereocenters. The number of carbonyl (C=O) groups excluding carboxylic acids is 1. The van der Waals surface area contributed by atoms with E-state index in [4.69, 9.17) is 10.5 Å². The number of hydrogen-bond acceptors (Lipinski definition) is 6. The molecule has 0 aliphatic rings. The van der Waals surface area contributed by atoms with E-state index in [9.17, 15) is 14.7 Å². The monoisotopic (exact) mass is 551 g/mol. The Hall–Kier alpha value is -4.52. The van der Waals surface area contributed by atoms with E-state index in [-0.39, 0.29) is 18.6 Å². The molecule has 0 amide bonds. The quantitative estimate of drug-likeness (QED) is 0.0907. The minimum Gasteiger partial charge on any atom is -0.494 e. The average Bonchev–Trinajstić information content (AvgIpc) is 2.99. The Balaban J connectivity index is 1.33. The van der Waals surface area contributed by atoms with Crippen LogP contribution in [-0.2, 0) is 11.2 Å². The SMILES string of the molecule is CCCCCCCOc1ccc(-c2cnc(-c3ccc(C[C@H](CC(=O)c4cccc(N)c4)C(=O)O)cc3)nc2)cc1. The van der Waals surface area contributed by atoms with Gasteiger partial charge >= 0.3 is 5.97 Å². The highest BCUT2D eigenvalue weighted by Crippen LogP contribution is 2.24. The summed E-state index contributed by atoms with van der Waals surface area (Å²) in [5.74, 6) is -0.647. The van der Waals surface area contributed by atoms with Gasteiger partial charge in [-0.3, -0.25) is 9.59 Å². The van der Waals surface area contributed by atoms with Gasteiger partial charge in [0.2, 0.25) is 0 Å². The smallest absolute Gasteiger partial charge is 0.307 e. The molecule has 41 heavy (non-hydrogen) atoms. The van der Waals surface area contributed by atoms with Gasteiger partial charge in [0.15, 0.2) is 11.6 Å². The molecule has 4 aromatic rings. The van der Waals surface area contributed by atoms with Crippen LogP contribution in [0.5, 0.6) is 5.75 Å². The maximum absolute atomic E-state index is 12.6. The molecule has 0 saturated carbocycles. The van der Waals surface area contributed by atoms with Gasteiger partial charge in [-0.25, -0.2) is 9.97 Å². The molecule has 3 aromatic carbocycles. The van der Waals surface area contributed by atoms with Gasteiger partial charge in [0.25, 0.3) is 0 Å². The lowest BCUT2D eigenvalue weighted by atomic mass is 9.91. The minimum absolute atomic E-state index is 0.0999. The van der Waals surface area contributed by atoms with Crippen LogP contribution in [0.15, 0.2) is 85.2 Å². The van der Waals surface area contributed by atoms with Crippen molar-refractivity contribution in [1.29, 1.82) is 0 Å². The molecule has 0 spiro atoms. The summed E-state index contributed by atoms with van der Waals surface area (Å²) in [5.41, 5.74) is 10.2. The van der Waals surface area contributed by atoms with E-state index < -0.39 is 11.9 Å². The molecule has 212 valence electrons. The number of hydrogen-bond donors (Lipinski definition) is 2. The van der Waals surface area contributed by atoms with Gasteiger partial charge in [-0.2, -0.15) is 0 Å². The maximum atomic E-state index is 12.6. The number of ketones is 1. The average molecular weight is 552 g/mol. The van der Waals surface area contributed by atoms with Crippen LogP contribution in [0.2, 0.25) is 0 Å². The fourth-order valence-corrected chi connectivity index (χ4v) is 4.64. The van der Waals surface area contributed by atoms with Crippen LogP contribution in [0.1, 0.15) is 61.4 Å². The number of ether oxygens (including phenoxy) is 1. The van der Waals surface area contributed by atoms with Gasteiger partial charge in [0.05, 0.1) is 12.5 Å². The van der Waals surface area contributed by atoms with Crippen LogP contribution in [0.3, 0.4) is 0 Å². The summed E-state index contributed by atoms with van der Waals surface area (Å²) in [6.45, 7) is 2.95. The Morgan fingerprint density at radius 3 is 2.20 bits per heavy atom. The largest absolute Gasteiger partial charge is 0.494 e. The molecule has 7 heteroatoms. The number of nitrogens with two attached hydrogens (primary N) is 1. The van der Waals surface area contributed by atoms with Crippen molar-refractivity contribution in [2.45, 2.75) is 51.9 Å². The fraction of sp³-hybridized carbons (Fsp3) is 0.294. The van der Waals surface area contributed by atoms with E-state index >= 15 is 0 Å². The molecule has 0 radical (unpaired) electrons. The first kappa shape index (κ1) is 29.5. The first-order chi connectivity index (χ1) is 19.9. The highest BCUT2D eigenvalue weighted by atomic mass is 16.5. The highest BCUT2D eigenvalue weighted by Gasteiger charge is 2.22. The summed E-state index contributed by atoms with van der Waals surface area (Å²) in [7, 11) is 0. The number of benzene rings is 3. The minimum atomic E-state index is -1.01. The van der Waals surface area contributed by atoms with Crippen LogP contribution in [0.4, 0.5) is 5.69 Å². The van der Waals surface area contributed by atoms with Crippen molar-refractivity contribution in [2.75, 3.05) is 12.3 Å². The lowest BCUT2D eigenvalue weighted by Crippen LogP contribution is -2.20. The first-order valence-corrected chi connectivity index (χ1v) is 14.2. The van der Waals surface area contributed by atoms with Crippen LogP contribution < -0.4 is 10.5 Å². The zero-order chi connectivity index (χ0) is 29.0. The number of nitrogen functional groups attached to an aromatic ring is 1. The van der Waals surface area contributed by atoms with Gasteiger partial charge < -0.3 is 15.6 Å². The summed E-state index contributed by atoms with van der Waals surface area (Å²) in [5, 5.41) is 9.72. The predicted octanol–water partition coefficient (Wildman–Crippen LogP) is 7.26. The second-order valence-electron chi connectivity index (χ2n) is 10.3. The molecular weight excluding hydrogens is 514 g/mol. The Morgan fingerprint density at radius 1 is 0.854 bits per heavy atom. The van der Waals surface area contributed by atoms with Crippen molar-refractivity contribution in [2.24, 2.45) is 5.92 Å². The molecule has 0 bridgehead atoms. The van der Waals surface area contributed by atoms with E-state index in [0.29, 0.717) is 17.1 Å². The molecule has 1 aromatic heterocycles. The molecular formula is C34H37N3O4. The first-order valence-electron chi connectivity index (χ1n) is 14.2. The third-order valence-electron chi connectivity index (χ3n) is 7.04. The Labute approximate surface area is 241 Å². The number of carboxylic acid groups (broad SMARTS) is 1. The van der Waals surface area contributed by atoms with E-state index in [0.717, 1.165) is 41.0 Å². The van der Waals surface area contributed by atoms with Crippen molar-refractivity contribution >= 4 is 17.4 Å². The van der Waals surface area contributed by atoms with E-state index in [1.807, 2.05) is 48.5 Å². The van der Waals surface area contributed by atoms with Crippen molar-refractivity contribution in [3.63, 3.8) is 0 Å². The zero-order valence-electron chi connectivity index (χ0n) is 23.5. The number of nitrogens with zero attached hydrogens (tertiary/aromatic N) is 2. The van der Waals surface area contributed by atoms with Gasteiger partial charge in [-0.05, 0) is 48.2 Å². The third-order valence-corrected chi connectivity index (χ3v) is 7.04. The van der Waals surface area contributed by atoms with Crippen molar-refractivity contribution in [3.8, 4) is 28.3 Å². The number of Topliss-reactive ketones (excluding diaryl/α,β-unsaturated/α-hetero) is 1. The number of carbonyl (C=O) groups is 2. The number of carboxylic acids is 1. The topological polar surface area (TPSA) is 115 Å². The van der Waals surface area contributed by atoms with Gasteiger partial charge in [0, 0.05) is 41.2 Å². The number of unbranched alkanes of at least 4 members (excludes halogenated alkanes) is 4. The second kappa shape index (κ2) is 14.7. The molecule has 3 N–H and O–H groups in total.